The molecule has 3 heterocycles. The van der Waals surface area contributed by atoms with E-state index in [0.29, 0.717) is 18.5 Å². The Kier molecular flexibility index (Phi) is 7.12. The highest BCUT2D eigenvalue weighted by atomic mass is 79.9. The molecule has 0 aromatic heterocycles. The lowest BCUT2D eigenvalue weighted by molar-refractivity contribution is -0.141. The first-order chi connectivity index (χ1) is 15.8. The van der Waals surface area contributed by atoms with E-state index in [0.717, 1.165) is 12.8 Å². The third-order valence-electron chi connectivity index (χ3n) is 7.05. The molecule has 0 saturated carbocycles. The maximum atomic E-state index is 13.7. The fourth-order valence-electron chi connectivity index (χ4n) is 5.79. The van der Waals surface area contributed by atoms with Gasteiger partial charge in [0.05, 0.1) is 17.9 Å². The zero-order valence-corrected chi connectivity index (χ0v) is 20.6. The summed E-state index contributed by atoms with van der Waals surface area (Å²) in [5.74, 6) is -2.23. The number of benzene rings is 1. The van der Waals surface area contributed by atoms with E-state index in [1.165, 1.54) is 4.90 Å². The number of nitrogens with one attached hydrogen (secondary N) is 2. The smallest absolute Gasteiger partial charge is 0.246 e. The number of carbonyl (C=O) groups excluding carboxylic acids is 3. The van der Waals surface area contributed by atoms with Crippen LogP contribution in [0.5, 0.6) is 0 Å². The molecule has 1 spiro atoms. The van der Waals surface area contributed by atoms with Crippen LogP contribution >= 0.6 is 15.9 Å². The summed E-state index contributed by atoms with van der Waals surface area (Å²) in [4.78, 5) is 41.9. The van der Waals surface area contributed by atoms with Crippen LogP contribution in [0.4, 0.5) is 5.69 Å². The number of aliphatic hydroxyl groups excluding tert-OH is 1. The summed E-state index contributed by atoms with van der Waals surface area (Å²) in [5.41, 5.74) is -0.421. The first kappa shape index (κ1) is 24.2. The number of halogens is 1. The Morgan fingerprint density at radius 1 is 1.30 bits per heavy atom. The first-order valence-corrected chi connectivity index (χ1v) is 12.6. The van der Waals surface area contributed by atoms with Crippen LogP contribution in [0.3, 0.4) is 0 Å². The van der Waals surface area contributed by atoms with Gasteiger partial charge in [0.25, 0.3) is 0 Å². The Hall–Kier alpha value is -1.97. The summed E-state index contributed by atoms with van der Waals surface area (Å²) >= 11 is 3.66. The number of ether oxygens (including phenoxy) is 1. The molecule has 4 rings (SSSR count). The third-order valence-corrected chi connectivity index (χ3v) is 7.89. The molecule has 2 bridgehead atoms. The fourth-order valence-corrected chi connectivity index (χ4v) is 6.73. The predicted octanol–water partition coefficient (Wildman–Crippen LogP) is 2.06. The largest absolute Gasteiger partial charge is 0.396 e. The molecule has 1 aromatic carbocycles. The molecule has 3 aliphatic heterocycles. The van der Waals surface area contributed by atoms with Crippen LogP contribution in [0.25, 0.3) is 0 Å². The summed E-state index contributed by atoms with van der Waals surface area (Å²) in [6.07, 6.45) is 2.08. The van der Waals surface area contributed by atoms with E-state index in [-0.39, 0.29) is 41.7 Å². The Morgan fingerprint density at radius 3 is 2.70 bits per heavy atom. The van der Waals surface area contributed by atoms with Crippen LogP contribution in [0.2, 0.25) is 0 Å². The number of likely N-dealkylation sites (tertiary alicyclic amines) is 1. The second kappa shape index (κ2) is 9.72. The number of alkyl halides is 1. The number of hydrogen-bond donors (Lipinski definition) is 3. The zero-order valence-electron chi connectivity index (χ0n) is 19.0. The van der Waals surface area contributed by atoms with Crippen molar-refractivity contribution in [3.63, 3.8) is 0 Å². The number of hydrogen-bond acceptors (Lipinski definition) is 5. The maximum Gasteiger partial charge on any atom is 0.246 e. The van der Waals surface area contributed by atoms with Crippen molar-refractivity contribution in [1.82, 2.24) is 10.2 Å². The van der Waals surface area contributed by atoms with Gasteiger partial charge in [0.2, 0.25) is 17.7 Å². The highest BCUT2D eigenvalue weighted by Gasteiger charge is 2.76. The molecule has 3 saturated heterocycles. The molecule has 3 fully saturated rings. The molecule has 4 unspecified atom stereocenters. The second-order valence-corrected chi connectivity index (χ2v) is 10.5. The summed E-state index contributed by atoms with van der Waals surface area (Å²) in [6.45, 7) is 4.14. The fraction of sp³-hybridized carbons (Fsp3) is 0.625. The van der Waals surface area contributed by atoms with Crippen molar-refractivity contribution in [3.05, 3.63) is 30.3 Å². The van der Waals surface area contributed by atoms with Gasteiger partial charge in [-0.15, -0.1) is 0 Å². The topological polar surface area (TPSA) is 108 Å². The standard InChI is InChI=1S/C24H32BrN3O5/c1-3-8-14(2)26-22(31)20-24-13-16(25)19(33-24)17(18(24)23(32)28(20)11-7-12-29)21(30)27-15-9-5-4-6-10-15/h4-6,9-10,14,16-20,29H,3,7-8,11-13H2,1-2H3,(H,26,31)(H,27,30)/t14?,16?,17-,18+,19-,20?,24?/m1/s1. The van der Waals surface area contributed by atoms with Gasteiger partial charge in [-0.05, 0) is 38.3 Å². The SMILES string of the molecule is CCCC(C)NC(=O)C1N(CCCO)C(=O)[C@@H]2[C@@H](C(=O)Nc3ccccc3)[C@@H]3OC12CC3Br. The average molecular weight is 522 g/mol. The number of aliphatic hydroxyl groups is 1. The van der Waals surface area contributed by atoms with Gasteiger partial charge in [-0.3, -0.25) is 14.4 Å². The Labute approximate surface area is 202 Å². The van der Waals surface area contributed by atoms with Gasteiger partial charge in [-0.25, -0.2) is 0 Å². The minimum atomic E-state index is -1.07. The van der Waals surface area contributed by atoms with E-state index in [2.05, 4.69) is 33.5 Å². The van der Waals surface area contributed by atoms with Gasteiger partial charge in [-0.1, -0.05) is 47.5 Å². The maximum absolute atomic E-state index is 13.7. The number of para-hydroxylation sites is 1. The average Bonchev–Trinajstić information content (AvgIpc) is 3.36. The molecular weight excluding hydrogens is 490 g/mol. The Bertz CT molecular complexity index is 899. The summed E-state index contributed by atoms with van der Waals surface area (Å²) in [7, 11) is 0. The van der Waals surface area contributed by atoms with E-state index < -0.39 is 29.6 Å². The van der Waals surface area contributed by atoms with Crippen LogP contribution in [0, 0.1) is 11.8 Å². The van der Waals surface area contributed by atoms with Crippen LogP contribution in [-0.4, -0.2) is 69.5 Å². The van der Waals surface area contributed by atoms with Gasteiger partial charge in [0.1, 0.15) is 11.6 Å². The van der Waals surface area contributed by atoms with Crippen LogP contribution in [0.1, 0.15) is 39.5 Å². The van der Waals surface area contributed by atoms with Gasteiger partial charge in [0.15, 0.2) is 0 Å². The minimum Gasteiger partial charge on any atom is -0.396 e. The minimum absolute atomic E-state index is 0.0386. The lowest BCUT2D eigenvalue weighted by Gasteiger charge is -2.34. The van der Waals surface area contributed by atoms with Crippen LogP contribution in [0.15, 0.2) is 30.3 Å². The highest BCUT2D eigenvalue weighted by molar-refractivity contribution is 9.09. The number of fused-ring (bicyclic) bond motifs is 1. The van der Waals surface area contributed by atoms with Gasteiger partial charge in [-0.2, -0.15) is 0 Å². The number of rotatable bonds is 9. The van der Waals surface area contributed by atoms with E-state index in [1.807, 2.05) is 25.1 Å². The van der Waals surface area contributed by atoms with Crippen molar-refractivity contribution in [1.29, 1.82) is 0 Å². The molecule has 180 valence electrons. The van der Waals surface area contributed by atoms with Crippen LogP contribution < -0.4 is 10.6 Å². The quantitative estimate of drug-likeness (QED) is 0.431. The molecule has 3 aliphatic rings. The molecular formula is C24H32BrN3O5. The van der Waals surface area contributed by atoms with E-state index in [4.69, 9.17) is 4.74 Å². The Morgan fingerprint density at radius 2 is 2.03 bits per heavy atom. The number of anilines is 1. The normalized spacial score (nSPS) is 33.2. The molecule has 0 aliphatic carbocycles. The number of nitrogens with zero attached hydrogens (tertiary/aromatic N) is 1. The lowest BCUT2D eigenvalue weighted by Crippen LogP contribution is -2.57. The van der Waals surface area contributed by atoms with E-state index >= 15 is 0 Å². The predicted molar refractivity (Wildman–Crippen MR) is 127 cm³/mol. The summed E-state index contributed by atoms with van der Waals surface area (Å²) in [6, 6.07) is 8.24. The van der Waals surface area contributed by atoms with Gasteiger partial charge < -0.3 is 25.4 Å². The van der Waals surface area contributed by atoms with Crippen molar-refractivity contribution >= 4 is 39.3 Å². The molecule has 3 amide bonds. The zero-order chi connectivity index (χ0) is 23.8. The molecule has 0 radical (unpaired) electrons. The number of carbonyl (C=O) groups is 3. The summed E-state index contributed by atoms with van der Waals surface area (Å²) < 4.78 is 6.43. The molecule has 9 heteroatoms. The third kappa shape index (κ3) is 4.19. The molecule has 8 nitrogen and oxygen atoms in total. The highest BCUT2D eigenvalue weighted by Crippen LogP contribution is 2.60. The van der Waals surface area contributed by atoms with Crippen LogP contribution in [-0.2, 0) is 19.1 Å². The van der Waals surface area contributed by atoms with Crippen molar-refractivity contribution in [2.24, 2.45) is 11.8 Å². The van der Waals surface area contributed by atoms with Crippen molar-refractivity contribution in [3.8, 4) is 0 Å². The van der Waals surface area contributed by atoms with Crippen molar-refractivity contribution in [2.75, 3.05) is 18.5 Å². The second-order valence-electron chi connectivity index (χ2n) is 9.33. The molecule has 7 atom stereocenters. The molecule has 3 N–H and O–H groups in total. The van der Waals surface area contributed by atoms with Gasteiger partial charge in [0, 0.05) is 29.7 Å². The monoisotopic (exact) mass is 521 g/mol. The van der Waals surface area contributed by atoms with Crippen molar-refractivity contribution < 1.29 is 24.2 Å². The van der Waals surface area contributed by atoms with Gasteiger partial charge >= 0.3 is 0 Å². The Balaban J connectivity index is 1.66. The molecule has 1 aromatic rings. The van der Waals surface area contributed by atoms with E-state index in [1.54, 1.807) is 12.1 Å². The van der Waals surface area contributed by atoms with E-state index in [9.17, 15) is 19.5 Å². The lowest BCUT2D eigenvalue weighted by atomic mass is 9.70. The number of amides is 3. The summed E-state index contributed by atoms with van der Waals surface area (Å²) in [5, 5.41) is 15.4. The van der Waals surface area contributed by atoms with Crippen molar-refractivity contribution in [2.45, 2.75) is 68.1 Å². The first-order valence-electron chi connectivity index (χ1n) is 11.7. The molecule has 33 heavy (non-hydrogen) atoms.